The number of ether oxygens (including phenoxy) is 4. The molecular weight excluding hydrogens is 378 g/mol. The highest BCUT2D eigenvalue weighted by Crippen LogP contribution is 2.26. The van der Waals surface area contributed by atoms with Gasteiger partial charge in [-0.05, 0) is 43.7 Å². The monoisotopic (exact) mass is 401 g/mol. The van der Waals surface area contributed by atoms with Crippen LogP contribution in [0.4, 0.5) is 5.69 Å². The number of methoxy groups -OCH3 is 1. The maximum Gasteiger partial charge on any atom is 0.344 e. The molecule has 0 spiro atoms. The van der Waals surface area contributed by atoms with Crippen LogP contribution >= 0.6 is 0 Å². The van der Waals surface area contributed by atoms with E-state index in [1.165, 1.54) is 13.2 Å². The molecule has 0 bridgehead atoms. The first-order valence-electron chi connectivity index (χ1n) is 8.93. The van der Waals surface area contributed by atoms with Gasteiger partial charge >= 0.3 is 11.9 Å². The topological polar surface area (TPSA) is 100 Å². The zero-order valence-electron chi connectivity index (χ0n) is 16.5. The molecule has 29 heavy (non-hydrogen) atoms. The molecule has 8 heteroatoms. The van der Waals surface area contributed by atoms with Crippen LogP contribution in [0.5, 0.6) is 11.5 Å². The van der Waals surface area contributed by atoms with Crippen molar-refractivity contribution in [3.05, 3.63) is 53.6 Å². The maximum absolute atomic E-state index is 12.1. The fourth-order valence-corrected chi connectivity index (χ4v) is 2.36. The molecule has 0 heterocycles. The van der Waals surface area contributed by atoms with Crippen LogP contribution in [0.2, 0.25) is 0 Å². The number of rotatable bonds is 9. The third kappa shape index (κ3) is 6.53. The van der Waals surface area contributed by atoms with Gasteiger partial charge in [-0.25, -0.2) is 9.59 Å². The second-order valence-corrected chi connectivity index (χ2v) is 5.90. The number of para-hydroxylation sites is 2. The lowest BCUT2D eigenvalue weighted by Gasteiger charge is -2.12. The third-order valence-electron chi connectivity index (χ3n) is 3.79. The van der Waals surface area contributed by atoms with Crippen LogP contribution in [0.15, 0.2) is 42.5 Å². The second kappa shape index (κ2) is 10.7. The minimum atomic E-state index is -0.702. The first-order chi connectivity index (χ1) is 13.9. The average Bonchev–Trinajstić information content (AvgIpc) is 2.72. The van der Waals surface area contributed by atoms with Crippen LogP contribution in [0.3, 0.4) is 0 Å². The number of nitrogens with one attached hydrogen (secondary N) is 1. The Morgan fingerprint density at radius 1 is 0.966 bits per heavy atom. The van der Waals surface area contributed by atoms with E-state index in [0.29, 0.717) is 29.4 Å². The molecule has 0 saturated carbocycles. The van der Waals surface area contributed by atoms with Crippen molar-refractivity contribution < 1.29 is 33.3 Å². The Bertz CT molecular complexity index is 879. The Kier molecular flexibility index (Phi) is 8.02. The minimum Gasteiger partial charge on any atom is -0.490 e. The minimum absolute atomic E-state index is 0.298. The van der Waals surface area contributed by atoms with Crippen molar-refractivity contribution in [1.82, 2.24) is 0 Å². The van der Waals surface area contributed by atoms with E-state index in [9.17, 15) is 14.4 Å². The van der Waals surface area contributed by atoms with Crippen molar-refractivity contribution in [2.24, 2.45) is 0 Å². The molecule has 0 saturated heterocycles. The van der Waals surface area contributed by atoms with E-state index >= 15 is 0 Å². The van der Waals surface area contributed by atoms with Crippen molar-refractivity contribution in [2.45, 2.75) is 13.8 Å². The molecule has 1 N–H and O–H groups in total. The van der Waals surface area contributed by atoms with Crippen LogP contribution in [-0.2, 0) is 19.1 Å². The Morgan fingerprint density at radius 3 is 2.31 bits per heavy atom. The second-order valence-electron chi connectivity index (χ2n) is 5.90. The van der Waals surface area contributed by atoms with Gasteiger partial charge < -0.3 is 24.3 Å². The summed E-state index contributed by atoms with van der Waals surface area (Å²) in [6.07, 6.45) is 0. The van der Waals surface area contributed by atoms with Crippen molar-refractivity contribution in [3.63, 3.8) is 0 Å². The number of anilines is 1. The van der Waals surface area contributed by atoms with Gasteiger partial charge in [0.15, 0.2) is 24.7 Å². The molecule has 2 aromatic carbocycles. The van der Waals surface area contributed by atoms with Gasteiger partial charge in [-0.15, -0.1) is 0 Å². The smallest absolute Gasteiger partial charge is 0.344 e. The van der Waals surface area contributed by atoms with Crippen molar-refractivity contribution in [3.8, 4) is 11.5 Å². The molecule has 0 fully saturated rings. The van der Waals surface area contributed by atoms with Crippen LogP contribution in [-0.4, -0.2) is 44.8 Å². The van der Waals surface area contributed by atoms with Gasteiger partial charge in [-0.3, -0.25) is 4.79 Å². The molecule has 0 aliphatic rings. The maximum atomic E-state index is 12.1. The Labute approximate surface area is 168 Å². The summed E-state index contributed by atoms with van der Waals surface area (Å²) in [7, 11) is 1.27. The van der Waals surface area contributed by atoms with E-state index < -0.39 is 24.5 Å². The van der Waals surface area contributed by atoms with Crippen LogP contribution < -0.4 is 14.8 Å². The molecule has 1 amide bonds. The number of aryl methyl sites for hydroxylation is 1. The molecule has 154 valence electrons. The standard InChI is InChI=1S/C21H23NO7/c1-4-27-17-7-5-6-8-18(17)28-13-20(24)29-12-19(23)22-16-11-15(21(25)26-3)10-9-14(16)2/h5-11H,4,12-13H2,1-3H3,(H,22,23). The molecule has 0 atom stereocenters. The number of benzene rings is 2. The number of carbonyl (C=O) groups excluding carboxylic acids is 3. The molecule has 2 rings (SSSR count). The van der Waals surface area contributed by atoms with Crippen LogP contribution in [0.1, 0.15) is 22.8 Å². The lowest BCUT2D eigenvalue weighted by molar-refractivity contribution is -0.149. The molecule has 0 unspecified atom stereocenters. The molecule has 0 radical (unpaired) electrons. The first kappa shape index (κ1) is 21.7. The summed E-state index contributed by atoms with van der Waals surface area (Å²) in [6, 6.07) is 11.7. The third-order valence-corrected chi connectivity index (χ3v) is 3.79. The number of esters is 2. The van der Waals surface area contributed by atoms with E-state index in [4.69, 9.17) is 14.2 Å². The zero-order valence-corrected chi connectivity index (χ0v) is 16.5. The largest absolute Gasteiger partial charge is 0.490 e. The quantitative estimate of drug-likeness (QED) is 0.645. The predicted molar refractivity (Wildman–Crippen MR) is 105 cm³/mol. The Morgan fingerprint density at radius 2 is 1.66 bits per heavy atom. The van der Waals surface area contributed by atoms with Gasteiger partial charge in [0.05, 0.1) is 19.3 Å². The van der Waals surface area contributed by atoms with E-state index in [1.807, 2.05) is 6.92 Å². The summed E-state index contributed by atoms with van der Waals surface area (Å²) in [6.45, 7) is 3.21. The molecule has 2 aromatic rings. The van der Waals surface area contributed by atoms with Gasteiger partial charge in [0.1, 0.15) is 0 Å². The van der Waals surface area contributed by atoms with Crippen molar-refractivity contribution in [1.29, 1.82) is 0 Å². The van der Waals surface area contributed by atoms with Gasteiger partial charge in [-0.1, -0.05) is 18.2 Å². The van der Waals surface area contributed by atoms with Gasteiger partial charge in [-0.2, -0.15) is 0 Å². The number of carbonyl (C=O) groups is 3. The SMILES string of the molecule is CCOc1ccccc1OCC(=O)OCC(=O)Nc1cc(C(=O)OC)ccc1C. The van der Waals surface area contributed by atoms with E-state index in [-0.39, 0.29) is 6.61 Å². The molecule has 0 aromatic heterocycles. The number of hydrogen-bond donors (Lipinski definition) is 1. The van der Waals surface area contributed by atoms with E-state index in [2.05, 4.69) is 10.1 Å². The van der Waals surface area contributed by atoms with Crippen LogP contribution in [0, 0.1) is 6.92 Å². The van der Waals surface area contributed by atoms with Crippen molar-refractivity contribution in [2.75, 3.05) is 32.2 Å². The summed E-state index contributed by atoms with van der Waals surface area (Å²) >= 11 is 0. The van der Waals surface area contributed by atoms with Crippen molar-refractivity contribution >= 4 is 23.5 Å². The first-order valence-corrected chi connectivity index (χ1v) is 8.93. The lowest BCUT2D eigenvalue weighted by atomic mass is 10.1. The number of hydrogen-bond acceptors (Lipinski definition) is 7. The highest BCUT2D eigenvalue weighted by atomic mass is 16.6. The van der Waals surface area contributed by atoms with Gasteiger partial charge in [0.25, 0.3) is 5.91 Å². The molecule has 0 aliphatic carbocycles. The molecule has 8 nitrogen and oxygen atoms in total. The highest BCUT2D eigenvalue weighted by Gasteiger charge is 2.13. The van der Waals surface area contributed by atoms with Crippen LogP contribution in [0.25, 0.3) is 0 Å². The number of amides is 1. The summed E-state index contributed by atoms with van der Waals surface area (Å²) in [5.74, 6) is -0.839. The van der Waals surface area contributed by atoms with Gasteiger partial charge in [0.2, 0.25) is 0 Å². The lowest BCUT2D eigenvalue weighted by Crippen LogP contribution is -2.24. The summed E-state index contributed by atoms with van der Waals surface area (Å²) in [4.78, 5) is 35.5. The normalized spacial score (nSPS) is 10.0. The summed E-state index contributed by atoms with van der Waals surface area (Å²) in [5.41, 5.74) is 1.47. The summed E-state index contributed by atoms with van der Waals surface area (Å²) in [5, 5.41) is 2.60. The van der Waals surface area contributed by atoms with E-state index in [1.54, 1.807) is 43.3 Å². The fraction of sp³-hybridized carbons (Fsp3) is 0.286. The zero-order chi connectivity index (χ0) is 21.2. The van der Waals surface area contributed by atoms with E-state index in [0.717, 1.165) is 5.56 Å². The highest BCUT2D eigenvalue weighted by molar-refractivity contribution is 5.96. The Balaban J connectivity index is 1.85. The predicted octanol–water partition coefficient (Wildman–Crippen LogP) is 2.74. The average molecular weight is 401 g/mol. The summed E-state index contributed by atoms with van der Waals surface area (Å²) < 4.78 is 20.4. The Hall–Kier alpha value is -3.55. The fourth-order valence-electron chi connectivity index (χ4n) is 2.36. The van der Waals surface area contributed by atoms with Gasteiger partial charge in [0, 0.05) is 5.69 Å². The molecule has 0 aliphatic heterocycles. The molecular formula is C21H23NO7.